The van der Waals surface area contributed by atoms with Crippen LogP contribution in [0.25, 0.3) is 0 Å². The van der Waals surface area contributed by atoms with Gasteiger partial charge in [0.15, 0.2) is 0 Å². The lowest BCUT2D eigenvalue weighted by atomic mass is 10.1. The first-order chi connectivity index (χ1) is 7.16. The van der Waals surface area contributed by atoms with E-state index in [1.807, 2.05) is 0 Å². The summed E-state index contributed by atoms with van der Waals surface area (Å²) in [5.41, 5.74) is 6.11. The van der Waals surface area contributed by atoms with Crippen LogP contribution < -0.4 is 10.6 Å². The zero-order valence-corrected chi connectivity index (χ0v) is 8.37. The van der Waals surface area contributed by atoms with Crippen molar-refractivity contribution in [3.8, 4) is 0 Å². The third-order valence-corrected chi connectivity index (χ3v) is 2.64. The van der Waals surface area contributed by atoms with Crippen molar-refractivity contribution in [2.75, 3.05) is 18.0 Å². The van der Waals surface area contributed by atoms with Gasteiger partial charge in [0, 0.05) is 24.3 Å². The Balaban J connectivity index is 2.34. The van der Waals surface area contributed by atoms with Crippen LogP contribution in [0.2, 0.25) is 0 Å². The maximum atomic E-state index is 13.2. The Labute approximate surface area is 87.7 Å². The highest BCUT2D eigenvalue weighted by molar-refractivity contribution is 5.93. The van der Waals surface area contributed by atoms with Crippen molar-refractivity contribution in [3.05, 3.63) is 29.6 Å². The molecule has 0 spiro atoms. The number of hydrogen-bond donors (Lipinski definition) is 1. The molecule has 1 aromatic rings. The van der Waals surface area contributed by atoms with Gasteiger partial charge in [-0.05, 0) is 31.0 Å². The lowest BCUT2D eigenvalue weighted by Gasteiger charge is -2.18. The SMILES string of the molecule is NC(=O)c1cc(F)cc(N2CCCC2)c1. The van der Waals surface area contributed by atoms with Gasteiger partial charge in [-0.2, -0.15) is 0 Å². The molecule has 0 unspecified atom stereocenters. The second kappa shape index (κ2) is 3.88. The largest absolute Gasteiger partial charge is 0.371 e. The molecular formula is C11H13FN2O. The molecule has 2 N–H and O–H groups in total. The highest BCUT2D eigenvalue weighted by Gasteiger charge is 2.14. The van der Waals surface area contributed by atoms with Crippen LogP contribution in [0.3, 0.4) is 0 Å². The Hall–Kier alpha value is -1.58. The van der Waals surface area contributed by atoms with E-state index < -0.39 is 11.7 Å². The number of nitrogens with two attached hydrogens (primary N) is 1. The van der Waals surface area contributed by atoms with Gasteiger partial charge in [-0.3, -0.25) is 4.79 Å². The van der Waals surface area contributed by atoms with Crippen molar-refractivity contribution in [2.45, 2.75) is 12.8 Å². The Bertz CT molecular complexity index is 386. The smallest absolute Gasteiger partial charge is 0.248 e. The maximum absolute atomic E-state index is 13.2. The average molecular weight is 208 g/mol. The number of primary amides is 1. The van der Waals surface area contributed by atoms with E-state index in [1.54, 1.807) is 6.07 Å². The van der Waals surface area contributed by atoms with Crippen molar-refractivity contribution in [1.82, 2.24) is 0 Å². The maximum Gasteiger partial charge on any atom is 0.248 e. The molecular weight excluding hydrogens is 195 g/mol. The highest BCUT2D eigenvalue weighted by Crippen LogP contribution is 2.22. The molecule has 0 aliphatic carbocycles. The van der Waals surface area contributed by atoms with Crippen LogP contribution in [0, 0.1) is 5.82 Å². The molecule has 0 aromatic heterocycles. The monoisotopic (exact) mass is 208 g/mol. The molecule has 1 fully saturated rings. The van der Waals surface area contributed by atoms with E-state index in [0.717, 1.165) is 31.6 Å². The van der Waals surface area contributed by atoms with Gasteiger partial charge < -0.3 is 10.6 Å². The van der Waals surface area contributed by atoms with E-state index in [2.05, 4.69) is 4.90 Å². The summed E-state index contributed by atoms with van der Waals surface area (Å²) in [6, 6.07) is 4.26. The summed E-state index contributed by atoms with van der Waals surface area (Å²) in [7, 11) is 0. The third kappa shape index (κ3) is 2.09. The number of nitrogens with zero attached hydrogens (tertiary/aromatic N) is 1. The number of rotatable bonds is 2. The van der Waals surface area contributed by atoms with E-state index >= 15 is 0 Å². The lowest BCUT2D eigenvalue weighted by molar-refractivity contribution is 0.1000. The number of amides is 1. The van der Waals surface area contributed by atoms with Crippen LogP contribution in [0.5, 0.6) is 0 Å². The van der Waals surface area contributed by atoms with Crippen molar-refractivity contribution in [2.24, 2.45) is 5.73 Å². The molecule has 1 aliphatic heterocycles. The minimum atomic E-state index is -0.588. The van der Waals surface area contributed by atoms with Crippen LogP contribution >= 0.6 is 0 Å². The fourth-order valence-corrected chi connectivity index (χ4v) is 1.87. The van der Waals surface area contributed by atoms with Gasteiger partial charge in [0.05, 0.1) is 0 Å². The van der Waals surface area contributed by atoms with Crippen molar-refractivity contribution < 1.29 is 9.18 Å². The number of benzene rings is 1. The highest BCUT2D eigenvalue weighted by atomic mass is 19.1. The van der Waals surface area contributed by atoms with Gasteiger partial charge in [0.2, 0.25) is 5.91 Å². The molecule has 1 amide bonds. The van der Waals surface area contributed by atoms with Gasteiger partial charge in [-0.15, -0.1) is 0 Å². The van der Waals surface area contributed by atoms with E-state index in [4.69, 9.17) is 5.73 Å². The number of anilines is 1. The first-order valence-electron chi connectivity index (χ1n) is 5.02. The van der Waals surface area contributed by atoms with Gasteiger partial charge >= 0.3 is 0 Å². The molecule has 1 aromatic carbocycles. The molecule has 0 atom stereocenters. The molecule has 80 valence electrons. The van der Waals surface area contributed by atoms with Crippen LogP contribution in [0.15, 0.2) is 18.2 Å². The predicted molar refractivity (Wildman–Crippen MR) is 56.4 cm³/mol. The summed E-state index contributed by atoms with van der Waals surface area (Å²) in [5.74, 6) is -0.997. The predicted octanol–water partition coefficient (Wildman–Crippen LogP) is 1.52. The summed E-state index contributed by atoms with van der Waals surface area (Å²) in [5, 5.41) is 0. The van der Waals surface area contributed by atoms with Crippen molar-refractivity contribution in [1.29, 1.82) is 0 Å². The number of halogens is 1. The standard InChI is InChI=1S/C11H13FN2O/c12-9-5-8(11(13)15)6-10(7-9)14-3-1-2-4-14/h5-7H,1-4H2,(H2,13,15). The second-order valence-electron chi connectivity index (χ2n) is 3.76. The summed E-state index contributed by atoms with van der Waals surface area (Å²) in [6.45, 7) is 1.84. The van der Waals surface area contributed by atoms with Gasteiger partial charge in [0.25, 0.3) is 0 Å². The molecule has 15 heavy (non-hydrogen) atoms. The Morgan fingerprint density at radius 3 is 2.53 bits per heavy atom. The van der Waals surface area contributed by atoms with E-state index in [0.29, 0.717) is 0 Å². The molecule has 4 heteroatoms. The number of carbonyl (C=O) groups excluding carboxylic acids is 1. The van der Waals surface area contributed by atoms with Gasteiger partial charge in [-0.25, -0.2) is 4.39 Å². The van der Waals surface area contributed by atoms with E-state index in [-0.39, 0.29) is 5.56 Å². The molecule has 0 saturated carbocycles. The van der Waals surface area contributed by atoms with Crippen molar-refractivity contribution in [3.63, 3.8) is 0 Å². The molecule has 1 aliphatic rings. The van der Waals surface area contributed by atoms with E-state index in [1.165, 1.54) is 12.1 Å². The average Bonchev–Trinajstić information content (AvgIpc) is 2.69. The number of hydrogen-bond acceptors (Lipinski definition) is 2. The normalized spacial score (nSPS) is 15.7. The second-order valence-corrected chi connectivity index (χ2v) is 3.76. The van der Waals surface area contributed by atoms with Gasteiger partial charge in [-0.1, -0.05) is 0 Å². The van der Waals surface area contributed by atoms with Crippen LogP contribution in [-0.4, -0.2) is 19.0 Å². The molecule has 2 rings (SSSR count). The van der Waals surface area contributed by atoms with E-state index in [9.17, 15) is 9.18 Å². The fourth-order valence-electron chi connectivity index (χ4n) is 1.87. The minimum absolute atomic E-state index is 0.233. The summed E-state index contributed by atoms with van der Waals surface area (Å²) >= 11 is 0. The summed E-state index contributed by atoms with van der Waals surface area (Å²) in [4.78, 5) is 13.0. The van der Waals surface area contributed by atoms with Crippen molar-refractivity contribution >= 4 is 11.6 Å². The zero-order chi connectivity index (χ0) is 10.8. The van der Waals surface area contributed by atoms with Crippen LogP contribution in [0.1, 0.15) is 23.2 Å². The van der Waals surface area contributed by atoms with Gasteiger partial charge in [0.1, 0.15) is 5.82 Å². The summed E-state index contributed by atoms with van der Waals surface area (Å²) in [6.07, 6.45) is 2.23. The Morgan fingerprint density at radius 1 is 1.27 bits per heavy atom. The Morgan fingerprint density at radius 2 is 1.93 bits per heavy atom. The minimum Gasteiger partial charge on any atom is -0.371 e. The fraction of sp³-hybridized carbons (Fsp3) is 0.364. The zero-order valence-electron chi connectivity index (χ0n) is 8.37. The first kappa shape index (κ1) is 9.96. The lowest BCUT2D eigenvalue weighted by Crippen LogP contribution is -2.19. The Kier molecular flexibility index (Phi) is 2.58. The topological polar surface area (TPSA) is 46.3 Å². The van der Waals surface area contributed by atoms with Crippen LogP contribution in [0.4, 0.5) is 10.1 Å². The quantitative estimate of drug-likeness (QED) is 0.801. The first-order valence-corrected chi connectivity index (χ1v) is 5.02. The molecule has 0 radical (unpaired) electrons. The molecule has 3 nitrogen and oxygen atoms in total. The molecule has 1 heterocycles. The van der Waals surface area contributed by atoms with Crippen LogP contribution in [-0.2, 0) is 0 Å². The summed E-state index contributed by atoms with van der Waals surface area (Å²) < 4.78 is 13.2. The molecule has 1 saturated heterocycles. The molecule has 0 bridgehead atoms. The third-order valence-electron chi connectivity index (χ3n) is 2.64. The number of carbonyl (C=O) groups is 1.